The maximum absolute atomic E-state index is 11.3. The number of carbonyl (C=O) groups is 3. The number of carboxylic acid groups (broad SMARTS) is 3. The van der Waals surface area contributed by atoms with E-state index in [0.717, 1.165) is 0 Å². The molecule has 16 heteroatoms. The molecule has 0 aromatic rings. The normalized spacial score (nSPS) is 17.8. The first-order chi connectivity index (χ1) is 16.2. The molecule has 0 aliphatic rings. The number of carbonyl (C=O) groups excluding carboxylic acids is 3. The molecule has 12 nitrogen and oxygen atoms in total. The van der Waals surface area contributed by atoms with Gasteiger partial charge in [0.2, 0.25) is 22.1 Å². The Balaban J connectivity index is -0.000000218. The number of carboxylic acids is 3. The zero-order chi connectivity index (χ0) is 29.3. The van der Waals surface area contributed by atoms with E-state index in [1.165, 1.54) is 20.8 Å². The standard InChI is InChI=1S/3C7H15O4P.Al/c3*1-3-4-12(10,11)6(2)5-7(8)9;/h3*6H,3-5H2,1-2H3,(H,8,9)(H,10,11);/q;;;+3/p-3. The van der Waals surface area contributed by atoms with Crippen LogP contribution < -0.4 is 15.3 Å². The summed E-state index contributed by atoms with van der Waals surface area (Å²) < 4.78 is 33.9. The summed E-state index contributed by atoms with van der Waals surface area (Å²) in [5.74, 6) is -3.81. The van der Waals surface area contributed by atoms with Gasteiger partial charge in [-0.2, -0.15) is 0 Å². The van der Waals surface area contributed by atoms with Gasteiger partial charge in [-0.05, 0) is 38.5 Å². The van der Waals surface area contributed by atoms with Gasteiger partial charge in [0.05, 0.1) is 0 Å². The van der Waals surface area contributed by atoms with Crippen LogP contribution in [0.3, 0.4) is 0 Å². The van der Waals surface area contributed by atoms with E-state index in [4.69, 9.17) is 0 Å². The Morgan fingerprint density at radius 3 is 0.838 bits per heavy atom. The fourth-order valence-corrected chi connectivity index (χ4v) is 7.32. The average molecular weight is 606 g/mol. The minimum atomic E-state index is -3.26. The smallest absolute Gasteiger partial charge is 0.550 e. The molecule has 0 amide bonds. The first kappa shape index (κ1) is 43.6. The van der Waals surface area contributed by atoms with Gasteiger partial charge in [0.25, 0.3) is 0 Å². The van der Waals surface area contributed by atoms with Crippen molar-refractivity contribution in [1.29, 1.82) is 0 Å². The third-order valence-corrected chi connectivity index (χ3v) is 13.0. The zero-order valence-corrected chi connectivity index (χ0v) is 26.4. The minimum absolute atomic E-state index is 0. The van der Waals surface area contributed by atoms with E-state index in [1.807, 2.05) is 0 Å². The second kappa shape index (κ2) is 21.3. The van der Waals surface area contributed by atoms with Crippen LogP contribution in [0, 0.1) is 0 Å². The Labute approximate surface area is 230 Å². The molecule has 0 aromatic carbocycles. The molecule has 3 N–H and O–H groups in total. The predicted octanol–water partition coefficient (Wildman–Crippen LogP) is 0.205. The van der Waals surface area contributed by atoms with Crippen molar-refractivity contribution in [3.63, 3.8) is 0 Å². The molecule has 0 aliphatic carbocycles. The Bertz CT molecular complexity index is 716. The minimum Gasteiger partial charge on any atom is -0.550 e. The molecule has 0 heterocycles. The van der Waals surface area contributed by atoms with Crippen LogP contribution in [0.2, 0.25) is 0 Å². The summed E-state index contributed by atoms with van der Waals surface area (Å²) in [6, 6.07) is 0. The first-order valence-corrected chi connectivity index (χ1v) is 17.5. The van der Waals surface area contributed by atoms with Crippen LogP contribution in [-0.2, 0) is 28.1 Å². The molecular weight excluding hydrogens is 564 g/mol. The van der Waals surface area contributed by atoms with Gasteiger partial charge in [-0.3, -0.25) is 13.7 Å². The summed E-state index contributed by atoms with van der Waals surface area (Å²) in [5.41, 5.74) is -2.08. The van der Waals surface area contributed by atoms with Crippen molar-refractivity contribution >= 4 is 57.4 Å². The molecule has 0 aromatic heterocycles. The monoisotopic (exact) mass is 606 g/mol. The van der Waals surface area contributed by atoms with Crippen LogP contribution in [0.1, 0.15) is 80.1 Å². The largest absolute Gasteiger partial charge is 3.00 e. The summed E-state index contributed by atoms with van der Waals surface area (Å²) in [5, 5.41) is 30.4. The first-order valence-electron chi connectivity index (χ1n) is 11.7. The molecule has 6 atom stereocenters. The van der Waals surface area contributed by atoms with Crippen molar-refractivity contribution in [2.24, 2.45) is 0 Å². The van der Waals surface area contributed by atoms with Gasteiger partial charge >= 0.3 is 17.4 Å². The van der Waals surface area contributed by atoms with Crippen LogP contribution in [0.5, 0.6) is 0 Å². The number of hydrogen-bond donors (Lipinski definition) is 3. The van der Waals surface area contributed by atoms with Crippen LogP contribution in [0.4, 0.5) is 0 Å². The van der Waals surface area contributed by atoms with Crippen molar-refractivity contribution in [2.75, 3.05) is 18.5 Å². The summed E-state index contributed by atoms with van der Waals surface area (Å²) in [6.45, 7) is 9.75. The fourth-order valence-electron chi connectivity index (χ4n) is 2.77. The molecule has 216 valence electrons. The maximum Gasteiger partial charge on any atom is 3.00 e. The maximum atomic E-state index is 11.3. The quantitative estimate of drug-likeness (QED) is 0.168. The summed E-state index contributed by atoms with van der Waals surface area (Å²) in [4.78, 5) is 58.2. The summed E-state index contributed by atoms with van der Waals surface area (Å²) in [6.07, 6.45) is 1.29. The fraction of sp³-hybridized carbons (Fsp3) is 0.857. The number of rotatable bonds is 15. The second-order valence-corrected chi connectivity index (χ2v) is 17.2. The zero-order valence-electron chi connectivity index (χ0n) is 22.5. The molecule has 0 rings (SSSR count). The predicted molar refractivity (Wildman–Crippen MR) is 138 cm³/mol. The topological polar surface area (TPSA) is 232 Å². The van der Waals surface area contributed by atoms with Crippen molar-refractivity contribution in [1.82, 2.24) is 0 Å². The SMILES string of the molecule is CCCP(=O)(O)C(C)CC(=O)[O-].CCCP(=O)(O)C(C)CC(=O)[O-].CCCP(=O)(O)C(C)CC(=O)[O-].[Al+3]. The van der Waals surface area contributed by atoms with Gasteiger partial charge in [0.15, 0.2) is 0 Å². The average Bonchev–Trinajstić information content (AvgIpc) is 2.67. The molecule has 0 radical (unpaired) electrons. The van der Waals surface area contributed by atoms with E-state index in [9.17, 15) is 58.1 Å². The van der Waals surface area contributed by atoms with Gasteiger partial charge in [-0.15, -0.1) is 0 Å². The van der Waals surface area contributed by atoms with E-state index in [0.29, 0.717) is 19.3 Å². The van der Waals surface area contributed by atoms with Crippen molar-refractivity contribution in [3.05, 3.63) is 0 Å². The summed E-state index contributed by atoms with van der Waals surface area (Å²) >= 11 is 0. The Kier molecular flexibility index (Phi) is 25.1. The van der Waals surface area contributed by atoms with E-state index in [1.54, 1.807) is 20.8 Å². The van der Waals surface area contributed by atoms with Crippen molar-refractivity contribution < 1.29 is 58.1 Å². The number of hydrogen-bond acceptors (Lipinski definition) is 9. The van der Waals surface area contributed by atoms with E-state index in [2.05, 4.69) is 0 Å². The van der Waals surface area contributed by atoms with E-state index >= 15 is 0 Å². The van der Waals surface area contributed by atoms with Crippen LogP contribution in [0.25, 0.3) is 0 Å². The molecular formula is C21H42AlO12P3. The third kappa shape index (κ3) is 23.1. The second-order valence-electron chi connectivity index (χ2n) is 8.71. The molecule has 0 fully saturated rings. The van der Waals surface area contributed by atoms with Crippen LogP contribution >= 0.6 is 22.1 Å². The van der Waals surface area contributed by atoms with Crippen LogP contribution in [-0.4, -0.2) is 85.4 Å². The van der Waals surface area contributed by atoms with Crippen LogP contribution in [0.15, 0.2) is 0 Å². The van der Waals surface area contributed by atoms with Gasteiger partial charge in [-0.1, -0.05) is 41.5 Å². The molecule has 0 aliphatic heterocycles. The molecule has 0 saturated heterocycles. The molecule has 0 bridgehead atoms. The Hall–Kier alpha value is -0.488. The van der Waals surface area contributed by atoms with Crippen molar-refractivity contribution in [3.8, 4) is 0 Å². The van der Waals surface area contributed by atoms with Gasteiger partial charge in [-0.25, -0.2) is 0 Å². The van der Waals surface area contributed by atoms with Gasteiger partial charge < -0.3 is 44.4 Å². The Morgan fingerprint density at radius 1 is 0.568 bits per heavy atom. The van der Waals surface area contributed by atoms with E-state index in [-0.39, 0.29) is 55.1 Å². The molecule has 37 heavy (non-hydrogen) atoms. The molecule has 6 unspecified atom stereocenters. The van der Waals surface area contributed by atoms with Gasteiger partial charge in [0, 0.05) is 53.4 Å². The number of aliphatic carboxylic acids is 3. The van der Waals surface area contributed by atoms with E-state index < -0.39 is 57.0 Å². The summed E-state index contributed by atoms with van der Waals surface area (Å²) in [7, 11) is -9.77. The van der Waals surface area contributed by atoms with Crippen molar-refractivity contribution in [2.45, 2.75) is 97.0 Å². The third-order valence-electron chi connectivity index (χ3n) is 5.08. The van der Waals surface area contributed by atoms with Gasteiger partial charge in [0.1, 0.15) is 0 Å². The Morgan fingerprint density at radius 2 is 0.730 bits per heavy atom. The molecule has 0 spiro atoms. The molecule has 0 saturated carbocycles.